The van der Waals surface area contributed by atoms with Crippen molar-refractivity contribution < 1.29 is 13.3 Å². The minimum atomic E-state index is -2.48. The number of hydrogen-bond acceptors (Lipinski definition) is 5. The largest absolute Gasteiger partial charge is 0.339 e. The van der Waals surface area contributed by atoms with Gasteiger partial charge in [0, 0.05) is 28.7 Å². The zero-order valence-electron chi connectivity index (χ0n) is 13.9. The van der Waals surface area contributed by atoms with Crippen LogP contribution < -0.4 is 0 Å². The van der Waals surface area contributed by atoms with Crippen LogP contribution in [0.25, 0.3) is 10.6 Å². The SMILES string of the molecule is FC1(F)C2CCC(c3nc(Cc4csc(-c5ccccc5)n4)no3)CC21. The molecule has 2 aromatic heterocycles. The Morgan fingerprint density at radius 1 is 1.12 bits per heavy atom. The fraction of sp³-hybridized carbons (Fsp3) is 0.421. The Hall–Kier alpha value is -2.15. The van der Waals surface area contributed by atoms with Gasteiger partial charge < -0.3 is 4.52 Å². The molecule has 134 valence electrons. The topological polar surface area (TPSA) is 51.8 Å². The molecule has 0 bridgehead atoms. The highest BCUT2D eigenvalue weighted by atomic mass is 32.1. The highest BCUT2D eigenvalue weighted by Gasteiger charge is 2.69. The molecule has 1 aromatic carbocycles. The summed E-state index contributed by atoms with van der Waals surface area (Å²) in [5, 5.41) is 6.99. The third-order valence-electron chi connectivity index (χ3n) is 5.47. The minimum Gasteiger partial charge on any atom is -0.339 e. The number of fused-ring (bicyclic) bond motifs is 1. The maximum atomic E-state index is 13.6. The number of nitrogens with zero attached hydrogens (tertiary/aromatic N) is 3. The molecule has 0 N–H and O–H groups in total. The van der Waals surface area contributed by atoms with Crippen molar-refractivity contribution in [3.05, 3.63) is 53.1 Å². The molecule has 3 aromatic rings. The second kappa shape index (κ2) is 5.94. The molecule has 3 atom stereocenters. The molecule has 2 aliphatic carbocycles. The summed E-state index contributed by atoms with van der Waals surface area (Å²) in [5.74, 6) is -2.38. The molecule has 0 amide bonds. The van der Waals surface area contributed by atoms with Crippen molar-refractivity contribution in [2.75, 3.05) is 0 Å². The summed E-state index contributed by atoms with van der Waals surface area (Å²) in [5.41, 5.74) is 1.97. The molecular weight excluding hydrogens is 356 g/mol. The molecule has 2 aliphatic rings. The first-order valence-electron chi connectivity index (χ1n) is 8.81. The number of alkyl halides is 2. The predicted molar refractivity (Wildman–Crippen MR) is 93.2 cm³/mol. The molecular formula is C19H17F2N3OS. The lowest BCUT2D eigenvalue weighted by atomic mass is 9.89. The van der Waals surface area contributed by atoms with Crippen LogP contribution in [-0.2, 0) is 6.42 Å². The van der Waals surface area contributed by atoms with Crippen LogP contribution in [0.1, 0.15) is 42.6 Å². The van der Waals surface area contributed by atoms with Gasteiger partial charge in [-0.25, -0.2) is 13.8 Å². The monoisotopic (exact) mass is 373 g/mol. The Balaban J connectivity index is 1.27. The van der Waals surface area contributed by atoms with Gasteiger partial charge >= 0.3 is 0 Å². The second-order valence-corrected chi connectivity index (χ2v) is 7.99. The second-order valence-electron chi connectivity index (χ2n) is 7.13. The van der Waals surface area contributed by atoms with Crippen LogP contribution in [0.15, 0.2) is 40.2 Å². The van der Waals surface area contributed by atoms with Crippen molar-refractivity contribution in [1.82, 2.24) is 15.1 Å². The van der Waals surface area contributed by atoms with Gasteiger partial charge in [-0.1, -0.05) is 35.5 Å². The van der Waals surface area contributed by atoms with Crippen LogP contribution in [0.5, 0.6) is 0 Å². The Kier molecular flexibility index (Phi) is 3.67. The summed E-state index contributed by atoms with van der Waals surface area (Å²) in [6.45, 7) is 0. The summed E-state index contributed by atoms with van der Waals surface area (Å²) in [4.78, 5) is 9.09. The lowest BCUT2D eigenvalue weighted by molar-refractivity contribution is 0.0846. The Morgan fingerprint density at radius 2 is 1.96 bits per heavy atom. The summed E-state index contributed by atoms with van der Waals surface area (Å²) in [7, 11) is 0. The van der Waals surface area contributed by atoms with Crippen LogP contribution in [-0.4, -0.2) is 21.0 Å². The van der Waals surface area contributed by atoms with Crippen molar-refractivity contribution in [2.24, 2.45) is 11.8 Å². The van der Waals surface area contributed by atoms with Crippen LogP contribution in [0.2, 0.25) is 0 Å². The molecule has 2 heterocycles. The molecule has 0 aliphatic heterocycles. The summed E-state index contributed by atoms with van der Waals surface area (Å²) < 4.78 is 32.5. The van der Waals surface area contributed by atoms with E-state index in [9.17, 15) is 8.78 Å². The summed E-state index contributed by atoms with van der Waals surface area (Å²) >= 11 is 1.58. The number of aromatic nitrogens is 3. The van der Waals surface area contributed by atoms with Gasteiger partial charge in [-0.05, 0) is 19.3 Å². The summed E-state index contributed by atoms with van der Waals surface area (Å²) in [6.07, 6.45) is 2.19. The van der Waals surface area contributed by atoms with Crippen molar-refractivity contribution >= 4 is 11.3 Å². The number of hydrogen-bond donors (Lipinski definition) is 0. The van der Waals surface area contributed by atoms with Gasteiger partial charge in [-0.15, -0.1) is 11.3 Å². The van der Waals surface area contributed by atoms with Crippen LogP contribution in [0.4, 0.5) is 8.78 Å². The number of thiazole rings is 1. The van der Waals surface area contributed by atoms with Gasteiger partial charge in [-0.3, -0.25) is 0 Å². The van der Waals surface area contributed by atoms with E-state index in [-0.39, 0.29) is 5.92 Å². The highest BCUT2D eigenvalue weighted by Crippen LogP contribution is 2.64. The van der Waals surface area contributed by atoms with Gasteiger partial charge in [0.05, 0.1) is 12.1 Å². The zero-order chi connectivity index (χ0) is 17.7. The van der Waals surface area contributed by atoms with Crippen molar-refractivity contribution in [2.45, 2.75) is 37.5 Å². The maximum Gasteiger partial charge on any atom is 0.254 e. The van der Waals surface area contributed by atoms with Gasteiger partial charge in [0.25, 0.3) is 5.92 Å². The minimum absolute atomic E-state index is 0.0406. The van der Waals surface area contributed by atoms with Gasteiger partial charge in [0.1, 0.15) is 5.01 Å². The fourth-order valence-electron chi connectivity index (χ4n) is 3.97. The first-order chi connectivity index (χ1) is 12.6. The Labute approximate surface area is 153 Å². The maximum absolute atomic E-state index is 13.6. The molecule has 2 saturated carbocycles. The quantitative estimate of drug-likeness (QED) is 0.650. The van der Waals surface area contributed by atoms with Crippen LogP contribution >= 0.6 is 11.3 Å². The van der Waals surface area contributed by atoms with E-state index in [2.05, 4.69) is 15.1 Å². The molecule has 5 rings (SSSR count). The van der Waals surface area contributed by atoms with Crippen molar-refractivity contribution in [3.63, 3.8) is 0 Å². The molecule has 0 spiro atoms. The number of benzene rings is 1. The first-order valence-corrected chi connectivity index (χ1v) is 9.69. The summed E-state index contributed by atoms with van der Waals surface area (Å²) in [6, 6.07) is 10.0. The van der Waals surface area contributed by atoms with Gasteiger partial charge in [-0.2, -0.15) is 4.98 Å². The van der Waals surface area contributed by atoms with Gasteiger partial charge in [0.15, 0.2) is 5.82 Å². The van der Waals surface area contributed by atoms with E-state index < -0.39 is 17.8 Å². The zero-order valence-corrected chi connectivity index (χ0v) is 14.8. The Morgan fingerprint density at radius 3 is 2.77 bits per heavy atom. The fourth-order valence-corrected chi connectivity index (χ4v) is 4.80. The first kappa shape index (κ1) is 16.1. The van der Waals surface area contributed by atoms with E-state index >= 15 is 0 Å². The van der Waals surface area contributed by atoms with E-state index in [1.165, 1.54) is 0 Å². The third-order valence-corrected chi connectivity index (χ3v) is 6.41. The van der Waals surface area contributed by atoms with Crippen molar-refractivity contribution in [3.8, 4) is 10.6 Å². The molecule has 26 heavy (non-hydrogen) atoms. The molecule has 0 radical (unpaired) electrons. The van der Waals surface area contributed by atoms with E-state index in [0.29, 0.717) is 37.4 Å². The van der Waals surface area contributed by atoms with E-state index in [1.807, 2.05) is 35.7 Å². The molecule has 0 saturated heterocycles. The Bertz CT molecular complexity index is 924. The van der Waals surface area contributed by atoms with Gasteiger partial charge in [0.2, 0.25) is 5.89 Å². The number of rotatable bonds is 4. The third kappa shape index (κ3) is 2.74. The lowest BCUT2D eigenvalue weighted by Crippen LogP contribution is -2.07. The van der Waals surface area contributed by atoms with E-state index in [1.54, 1.807) is 11.3 Å². The average molecular weight is 373 g/mol. The normalized spacial score (nSPS) is 26.5. The number of halogens is 2. The molecule has 7 heteroatoms. The van der Waals surface area contributed by atoms with Crippen LogP contribution in [0, 0.1) is 11.8 Å². The molecule has 3 unspecified atom stereocenters. The van der Waals surface area contributed by atoms with Crippen LogP contribution in [0.3, 0.4) is 0 Å². The van der Waals surface area contributed by atoms with Crippen molar-refractivity contribution in [1.29, 1.82) is 0 Å². The predicted octanol–water partition coefficient (Wildman–Crippen LogP) is 4.93. The lowest BCUT2D eigenvalue weighted by Gasteiger charge is -2.15. The van der Waals surface area contributed by atoms with E-state index in [4.69, 9.17) is 4.52 Å². The highest BCUT2D eigenvalue weighted by molar-refractivity contribution is 7.13. The molecule has 4 nitrogen and oxygen atoms in total. The molecule has 2 fully saturated rings. The smallest absolute Gasteiger partial charge is 0.254 e. The average Bonchev–Trinajstić information content (AvgIpc) is 3.10. The van der Waals surface area contributed by atoms with E-state index in [0.717, 1.165) is 16.3 Å². The standard InChI is InChI=1S/C19H17F2N3OS/c20-19(21)14-7-6-12(8-15(14)19)17-23-16(24-25-17)9-13-10-26-18(22-13)11-4-2-1-3-5-11/h1-5,10,12,14-15H,6-9H2.